The van der Waals surface area contributed by atoms with Gasteiger partial charge in [-0.2, -0.15) is 0 Å². The van der Waals surface area contributed by atoms with Crippen LogP contribution in [0.1, 0.15) is 13.8 Å². The van der Waals surface area contributed by atoms with Crippen LogP contribution in [0.15, 0.2) is 0 Å². The van der Waals surface area contributed by atoms with E-state index in [9.17, 15) is 13.2 Å². The number of hydrogen-bond donors (Lipinski definition) is 2. The van der Waals surface area contributed by atoms with Gasteiger partial charge in [0.15, 0.2) is 9.84 Å². The molecule has 15 heavy (non-hydrogen) atoms. The van der Waals surface area contributed by atoms with E-state index in [-0.39, 0.29) is 28.9 Å². The predicted molar refractivity (Wildman–Crippen MR) is 63.3 cm³/mol. The quantitative estimate of drug-likeness (QED) is 0.620. The molecule has 1 atom stereocenters. The van der Waals surface area contributed by atoms with E-state index in [1.54, 1.807) is 13.8 Å². The highest BCUT2D eigenvalue weighted by Gasteiger charge is 2.15. The number of thiocarbonyl (C=S) groups is 1. The van der Waals surface area contributed by atoms with Crippen LogP contribution in [0.4, 0.5) is 0 Å². The van der Waals surface area contributed by atoms with Gasteiger partial charge in [-0.15, -0.1) is 0 Å². The summed E-state index contributed by atoms with van der Waals surface area (Å²) in [6.45, 7) is 3.24. The van der Waals surface area contributed by atoms with Crippen LogP contribution in [0.5, 0.6) is 0 Å². The normalized spacial score (nSPS) is 13.2. The highest BCUT2D eigenvalue weighted by molar-refractivity contribution is 7.91. The summed E-state index contributed by atoms with van der Waals surface area (Å²) in [5.74, 6) is -0.884. The van der Waals surface area contributed by atoms with Crippen LogP contribution < -0.4 is 11.1 Å². The van der Waals surface area contributed by atoms with Crippen molar-refractivity contribution in [3.05, 3.63) is 0 Å². The zero-order valence-corrected chi connectivity index (χ0v) is 10.5. The molecule has 0 saturated heterocycles. The molecule has 88 valence electrons. The van der Waals surface area contributed by atoms with Crippen LogP contribution in [0.25, 0.3) is 0 Å². The maximum atomic E-state index is 11.3. The van der Waals surface area contributed by atoms with Crippen LogP contribution in [0.2, 0.25) is 0 Å². The lowest BCUT2D eigenvalue weighted by Crippen LogP contribution is -2.38. The number of hydrogen-bond acceptors (Lipinski definition) is 4. The Morgan fingerprint density at radius 2 is 2.07 bits per heavy atom. The van der Waals surface area contributed by atoms with E-state index < -0.39 is 15.8 Å². The molecule has 7 heteroatoms. The molecular formula is C8H16N2O3S2. The second-order valence-corrected chi connectivity index (χ2v) is 6.10. The standard InChI is InChI=1S/C8H16N2O3S2/c1-3-15(12,13)5-4-10-8(11)6(2)7(9)14/h6H,3-5H2,1-2H3,(H2,9,14)(H,10,11). The molecule has 1 unspecified atom stereocenters. The highest BCUT2D eigenvalue weighted by atomic mass is 32.2. The van der Waals surface area contributed by atoms with E-state index in [1.165, 1.54) is 0 Å². The van der Waals surface area contributed by atoms with Crippen LogP contribution in [0, 0.1) is 5.92 Å². The minimum Gasteiger partial charge on any atom is -0.393 e. The Balaban J connectivity index is 3.99. The second-order valence-electron chi connectivity index (χ2n) is 3.15. The van der Waals surface area contributed by atoms with E-state index in [0.717, 1.165) is 0 Å². The molecule has 0 rings (SSSR count). The summed E-state index contributed by atoms with van der Waals surface area (Å²) >= 11 is 4.64. The molecule has 0 radical (unpaired) electrons. The molecule has 0 heterocycles. The number of nitrogens with one attached hydrogen (secondary N) is 1. The molecule has 0 aliphatic rings. The number of rotatable bonds is 6. The summed E-state index contributed by atoms with van der Waals surface area (Å²) in [5.41, 5.74) is 5.27. The van der Waals surface area contributed by atoms with Crippen molar-refractivity contribution in [2.24, 2.45) is 11.7 Å². The fourth-order valence-corrected chi connectivity index (χ4v) is 1.57. The largest absolute Gasteiger partial charge is 0.393 e. The van der Waals surface area contributed by atoms with Gasteiger partial charge in [0, 0.05) is 12.3 Å². The number of amides is 1. The molecule has 0 spiro atoms. The lowest BCUT2D eigenvalue weighted by molar-refractivity contribution is -0.122. The fraction of sp³-hybridized carbons (Fsp3) is 0.750. The van der Waals surface area contributed by atoms with Gasteiger partial charge in [-0.1, -0.05) is 19.1 Å². The van der Waals surface area contributed by atoms with Crippen molar-refractivity contribution >= 4 is 33.0 Å². The zero-order chi connectivity index (χ0) is 12.1. The van der Waals surface area contributed by atoms with Gasteiger partial charge in [-0.05, 0) is 6.92 Å². The molecule has 0 aliphatic heterocycles. The molecule has 0 aliphatic carbocycles. The number of nitrogens with two attached hydrogens (primary N) is 1. The Labute approximate surface area is 95.3 Å². The summed E-state index contributed by atoms with van der Waals surface area (Å²) in [4.78, 5) is 11.4. The molecule has 0 bridgehead atoms. The zero-order valence-electron chi connectivity index (χ0n) is 8.82. The molecule has 5 nitrogen and oxygen atoms in total. The summed E-state index contributed by atoms with van der Waals surface area (Å²) in [5, 5.41) is 2.47. The second kappa shape index (κ2) is 6.02. The highest BCUT2D eigenvalue weighted by Crippen LogP contribution is 1.95. The molecule has 0 aromatic heterocycles. The molecule has 0 aromatic rings. The van der Waals surface area contributed by atoms with Crippen molar-refractivity contribution in [1.82, 2.24) is 5.32 Å². The molecule has 0 saturated carbocycles. The average Bonchev–Trinajstić information content (AvgIpc) is 2.16. The third-order valence-electron chi connectivity index (χ3n) is 1.97. The first-order valence-corrected chi connectivity index (χ1v) is 6.80. The minimum atomic E-state index is -3.04. The Hall–Kier alpha value is -0.690. The van der Waals surface area contributed by atoms with Crippen molar-refractivity contribution in [1.29, 1.82) is 0 Å². The van der Waals surface area contributed by atoms with Crippen molar-refractivity contribution in [2.75, 3.05) is 18.1 Å². The van der Waals surface area contributed by atoms with Gasteiger partial charge in [0.1, 0.15) is 0 Å². The van der Waals surface area contributed by atoms with Gasteiger partial charge in [0.2, 0.25) is 5.91 Å². The van der Waals surface area contributed by atoms with E-state index >= 15 is 0 Å². The van der Waals surface area contributed by atoms with Crippen molar-refractivity contribution < 1.29 is 13.2 Å². The van der Waals surface area contributed by atoms with Gasteiger partial charge in [0.05, 0.1) is 16.7 Å². The lowest BCUT2D eigenvalue weighted by atomic mass is 10.2. The van der Waals surface area contributed by atoms with E-state index in [4.69, 9.17) is 5.73 Å². The SMILES string of the molecule is CCS(=O)(=O)CCNC(=O)C(C)C(N)=S. The van der Waals surface area contributed by atoms with E-state index in [0.29, 0.717) is 0 Å². The Bertz CT molecular complexity index is 338. The van der Waals surface area contributed by atoms with Crippen molar-refractivity contribution in [2.45, 2.75) is 13.8 Å². The number of carbonyl (C=O) groups is 1. The maximum Gasteiger partial charge on any atom is 0.229 e. The minimum absolute atomic E-state index is 0.0563. The Morgan fingerprint density at radius 1 is 1.53 bits per heavy atom. The Kier molecular flexibility index (Phi) is 5.74. The first-order chi connectivity index (χ1) is 6.80. The molecule has 3 N–H and O–H groups in total. The molecular weight excluding hydrogens is 236 g/mol. The predicted octanol–water partition coefficient (Wildman–Crippen LogP) is -0.540. The summed E-state index contributed by atoms with van der Waals surface area (Å²) in [7, 11) is -3.04. The van der Waals surface area contributed by atoms with Crippen LogP contribution >= 0.6 is 12.2 Å². The molecule has 0 aromatic carbocycles. The average molecular weight is 252 g/mol. The first kappa shape index (κ1) is 14.3. The summed E-state index contributed by atoms with van der Waals surface area (Å²) < 4.78 is 22.2. The lowest BCUT2D eigenvalue weighted by Gasteiger charge is -2.10. The van der Waals surface area contributed by atoms with Gasteiger partial charge in [-0.25, -0.2) is 8.42 Å². The summed E-state index contributed by atoms with van der Waals surface area (Å²) in [6.07, 6.45) is 0. The molecule has 1 amide bonds. The van der Waals surface area contributed by atoms with Crippen LogP contribution in [-0.2, 0) is 14.6 Å². The van der Waals surface area contributed by atoms with Crippen molar-refractivity contribution in [3.8, 4) is 0 Å². The molecule has 0 fully saturated rings. The van der Waals surface area contributed by atoms with E-state index in [1.807, 2.05) is 0 Å². The third kappa shape index (κ3) is 5.68. The van der Waals surface area contributed by atoms with Crippen LogP contribution in [0.3, 0.4) is 0 Å². The van der Waals surface area contributed by atoms with Gasteiger partial charge >= 0.3 is 0 Å². The van der Waals surface area contributed by atoms with Gasteiger partial charge in [0.25, 0.3) is 0 Å². The smallest absolute Gasteiger partial charge is 0.229 e. The number of sulfone groups is 1. The number of carbonyl (C=O) groups excluding carboxylic acids is 1. The topological polar surface area (TPSA) is 89.3 Å². The van der Waals surface area contributed by atoms with Gasteiger partial charge < -0.3 is 11.1 Å². The first-order valence-electron chi connectivity index (χ1n) is 4.57. The van der Waals surface area contributed by atoms with Gasteiger partial charge in [-0.3, -0.25) is 4.79 Å². The summed E-state index contributed by atoms with van der Waals surface area (Å²) in [6, 6.07) is 0. The van der Waals surface area contributed by atoms with Crippen molar-refractivity contribution in [3.63, 3.8) is 0 Å². The Morgan fingerprint density at radius 3 is 2.47 bits per heavy atom. The van der Waals surface area contributed by atoms with Crippen LogP contribution in [-0.4, -0.2) is 37.4 Å². The third-order valence-corrected chi connectivity index (χ3v) is 4.03. The fourth-order valence-electron chi connectivity index (χ4n) is 0.756. The monoisotopic (exact) mass is 252 g/mol. The maximum absolute atomic E-state index is 11.3. The van der Waals surface area contributed by atoms with E-state index in [2.05, 4.69) is 17.5 Å².